The van der Waals surface area contributed by atoms with Crippen LogP contribution in [0.3, 0.4) is 0 Å². The van der Waals surface area contributed by atoms with Crippen LogP contribution >= 0.6 is 0 Å². The molecule has 0 saturated carbocycles. The number of aromatic nitrogens is 3. The molecular formula is C11H15N5O2. The average molecular weight is 249 g/mol. The number of likely N-dealkylation sites (N-methyl/N-ethyl adjacent to an activating group) is 1. The van der Waals surface area contributed by atoms with Crippen LogP contribution < -0.4 is 11.5 Å². The largest absolute Gasteiger partial charge is 0.418 e. The fourth-order valence-electron chi connectivity index (χ4n) is 2.67. The Morgan fingerprint density at radius 2 is 2.33 bits per heavy atom. The van der Waals surface area contributed by atoms with Crippen LogP contribution in [0.5, 0.6) is 0 Å². The molecule has 3 N–H and O–H groups in total. The van der Waals surface area contributed by atoms with E-state index in [0.29, 0.717) is 11.2 Å². The lowest BCUT2D eigenvalue weighted by Crippen LogP contribution is -2.44. The molecule has 0 amide bonds. The van der Waals surface area contributed by atoms with Gasteiger partial charge in [-0.3, -0.25) is 4.98 Å². The van der Waals surface area contributed by atoms with Crippen LogP contribution in [0.4, 0.5) is 0 Å². The number of hydrogen-bond acceptors (Lipinski definition) is 6. The van der Waals surface area contributed by atoms with Crippen LogP contribution in [0.25, 0.3) is 11.2 Å². The SMILES string of the molecule is CN1CC(N)CC(c2ncnc3oc(=O)[nH]c23)C1. The number of H-pyrrole nitrogens is 1. The minimum atomic E-state index is -0.500. The molecule has 1 fully saturated rings. The van der Waals surface area contributed by atoms with E-state index in [-0.39, 0.29) is 12.0 Å². The Bertz CT molecular complexity index is 609. The Labute approximate surface area is 103 Å². The summed E-state index contributed by atoms with van der Waals surface area (Å²) >= 11 is 0. The molecule has 7 heteroatoms. The number of nitrogens with zero attached hydrogens (tertiary/aromatic N) is 3. The maximum absolute atomic E-state index is 11.2. The summed E-state index contributed by atoms with van der Waals surface area (Å²) in [6.07, 6.45) is 2.28. The molecule has 7 nitrogen and oxygen atoms in total. The summed E-state index contributed by atoms with van der Waals surface area (Å²) in [6, 6.07) is 0.123. The molecule has 0 aromatic carbocycles. The Hall–Kier alpha value is -1.73. The molecule has 2 atom stereocenters. The van der Waals surface area contributed by atoms with Gasteiger partial charge in [0.25, 0.3) is 5.71 Å². The van der Waals surface area contributed by atoms with E-state index in [4.69, 9.17) is 10.2 Å². The Balaban J connectivity index is 2.05. The summed E-state index contributed by atoms with van der Waals surface area (Å²) in [4.78, 5) is 24.3. The third-order valence-corrected chi connectivity index (χ3v) is 3.31. The van der Waals surface area contributed by atoms with Crippen LogP contribution in [0, 0.1) is 0 Å². The van der Waals surface area contributed by atoms with Crippen molar-refractivity contribution in [2.75, 3.05) is 20.1 Å². The number of piperidine rings is 1. The van der Waals surface area contributed by atoms with Crippen molar-refractivity contribution < 1.29 is 4.42 Å². The van der Waals surface area contributed by atoms with E-state index >= 15 is 0 Å². The second-order valence-electron chi connectivity index (χ2n) is 4.87. The van der Waals surface area contributed by atoms with Gasteiger partial charge in [0.05, 0.1) is 5.69 Å². The van der Waals surface area contributed by atoms with Crippen LogP contribution in [-0.2, 0) is 0 Å². The topological polar surface area (TPSA) is 101 Å². The summed E-state index contributed by atoms with van der Waals surface area (Å²) in [5.74, 6) is -0.308. The first-order valence-electron chi connectivity index (χ1n) is 5.91. The summed E-state index contributed by atoms with van der Waals surface area (Å²) in [5, 5.41) is 0. The van der Waals surface area contributed by atoms with Crippen LogP contribution in [-0.4, -0.2) is 46.0 Å². The van der Waals surface area contributed by atoms with E-state index in [1.807, 2.05) is 7.05 Å². The highest BCUT2D eigenvalue weighted by molar-refractivity contribution is 5.70. The lowest BCUT2D eigenvalue weighted by atomic mass is 9.91. The first-order valence-corrected chi connectivity index (χ1v) is 5.91. The first-order chi connectivity index (χ1) is 8.63. The molecular weight excluding hydrogens is 234 g/mol. The fourth-order valence-corrected chi connectivity index (χ4v) is 2.67. The molecule has 0 spiro atoms. The van der Waals surface area contributed by atoms with Gasteiger partial charge in [0.15, 0.2) is 0 Å². The molecule has 1 aliphatic heterocycles. The minimum absolute atomic E-state index is 0.123. The number of nitrogens with one attached hydrogen (secondary N) is 1. The van der Waals surface area contributed by atoms with Gasteiger partial charge < -0.3 is 15.1 Å². The van der Waals surface area contributed by atoms with E-state index in [2.05, 4.69) is 19.9 Å². The van der Waals surface area contributed by atoms with E-state index in [1.165, 1.54) is 6.33 Å². The van der Waals surface area contributed by atoms with E-state index in [9.17, 15) is 4.79 Å². The van der Waals surface area contributed by atoms with Gasteiger partial charge in [-0.2, -0.15) is 4.98 Å². The molecule has 0 bridgehead atoms. The molecule has 2 unspecified atom stereocenters. The van der Waals surface area contributed by atoms with Gasteiger partial charge in [-0.15, -0.1) is 0 Å². The number of oxazole rings is 1. The molecule has 3 rings (SSSR count). The lowest BCUT2D eigenvalue weighted by molar-refractivity contribution is 0.225. The Morgan fingerprint density at radius 3 is 3.11 bits per heavy atom. The second-order valence-corrected chi connectivity index (χ2v) is 4.87. The van der Waals surface area contributed by atoms with E-state index in [0.717, 1.165) is 25.2 Å². The first kappa shape index (κ1) is 11.4. The number of hydrogen-bond donors (Lipinski definition) is 2. The zero-order valence-corrected chi connectivity index (χ0v) is 10.1. The minimum Gasteiger partial charge on any atom is -0.389 e. The van der Waals surface area contributed by atoms with Crippen molar-refractivity contribution in [2.24, 2.45) is 5.73 Å². The third-order valence-electron chi connectivity index (χ3n) is 3.31. The molecule has 96 valence electrons. The highest BCUT2D eigenvalue weighted by atomic mass is 16.4. The number of aromatic amines is 1. The van der Waals surface area contributed by atoms with Gasteiger partial charge in [-0.1, -0.05) is 0 Å². The van der Waals surface area contributed by atoms with Crippen LogP contribution in [0.2, 0.25) is 0 Å². The predicted molar refractivity (Wildman–Crippen MR) is 65.3 cm³/mol. The van der Waals surface area contributed by atoms with Gasteiger partial charge in [0, 0.05) is 25.0 Å². The van der Waals surface area contributed by atoms with Crippen LogP contribution in [0.1, 0.15) is 18.0 Å². The predicted octanol–water partition coefficient (Wildman–Crippen LogP) is -0.342. The molecule has 0 aliphatic carbocycles. The summed E-state index contributed by atoms with van der Waals surface area (Å²) in [5.41, 5.74) is 7.74. The Morgan fingerprint density at radius 1 is 1.50 bits per heavy atom. The molecule has 1 saturated heterocycles. The molecule has 0 radical (unpaired) electrons. The van der Waals surface area contributed by atoms with Gasteiger partial charge in [-0.25, -0.2) is 9.78 Å². The summed E-state index contributed by atoms with van der Waals surface area (Å²) < 4.78 is 4.95. The maximum Gasteiger partial charge on any atom is 0.418 e. The number of fused-ring (bicyclic) bond motifs is 1. The maximum atomic E-state index is 11.2. The van der Waals surface area contributed by atoms with Gasteiger partial charge >= 0.3 is 5.76 Å². The zero-order chi connectivity index (χ0) is 12.7. The van der Waals surface area contributed by atoms with Crippen molar-refractivity contribution in [3.05, 3.63) is 22.6 Å². The van der Waals surface area contributed by atoms with E-state index in [1.54, 1.807) is 0 Å². The Kier molecular flexibility index (Phi) is 2.64. The summed E-state index contributed by atoms with van der Waals surface area (Å²) in [7, 11) is 2.03. The average Bonchev–Trinajstić information content (AvgIpc) is 2.67. The third kappa shape index (κ3) is 1.91. The molecule has 1 aliphatic rings. The van der Waals surface area contributed by atoms with Gasteiger partial charge in [0.2, 0.25) is 0 Å². The van der Waals surface area contributed by atoms with Crippen molar-refractivity contribution >= 4 is 11.2 Å². The molecule has 2 aromatic rings. The monoisotopic (exact) mass is 249 g/mol. The second kappa shape index (κ2) is 4.18. The smallest absolute Gasteiger partial charge is 0.389 e. The fraction of sp³-hybridized carbons (Fsp3) is 0.545. The number of nitrogens with two attached hydrogens (primary N) is 1. The molecule has 3 heterocycles. The highest BCUT2D eigenvalue weighted by Crippen LogP contribution is 2.27. The van der Waals surface area contributed by atoms with Crippen molar-refractivity contribution in [3.63, 3.8) is 0 Å². The zero-order valence-electron chi connectivity index (χ0n) is 10.1. The van der Waals surface area contributed by atoms with Crippen molar-refractivity contribution in [3.8, 4) is 0 Å². The number of rotatable bonds is 1. The summed E-state index contributed by atoms with van der Waals surface area (Å²) in [6.45, 7) is 1.75. The quantitative estimate of drug-likeness (QED) is 0.717. The van der Waals surface area contributed by atoms with Crippen LogP contribution in [0.15, 0.2) is 15.5 Å². The van der Waals surface area contributed by atoms with Crippen molar-refractivity contribution in [2.45, 2.75) is 18.4 Å². The van der Waals surface area contributed by atoms with Gasteiger partial charge in [-0.05, 0) is 13.5 Å². The van der Waals surface area contributed by atoms with Gasteiger partial charge in [0.1, 0.15) is 11.8 Å². The lowest BCUT2D eigenvalue weighted by Gasteiger charge is -2.33. The molecule has 2 aromatic heterocycles. The normalized spacial score (nSPS) is 25.7. The number of likely N-dealkylation sites (tertiary alicyclic amines) is 1. The standard InChI is InChI=1S/C11H15N5O2/c1-16-3-6(2-7(12)4-16)8-9-10(14-5-13-8)18-11(17)15-9/h5-7H,2-4,12H2,1H3,(H,15,17). The molecule has 18 heavy (non-hydrogen) atoms. The van der Waals surface area contributed by atoms with E-state index < -0.39 is 5.76 Å². The van der Waals surface area contributed by atoms with Crippen molar-refractivity contribution in [1.82, 2.24) is 19.9 Å². The highest BCUT2D eigenvalue weighted by Gasteiger charge is 2.27. The van der Waals surface area contributed by atoms with Crippen molar-refractivity contribution in [1.29, 1.82) is 0 Å².